The van der Waals surface area contributed by atoms with Gasteiger partial charge in [0.15, 0.2) is 0 Å². The Morgan fingerprint density at radius 1 is 1.56 bits per heavy atom. The molecule has 1 saturated carbocycles. The minimum Gasteiger partial charge on any atom is -1.00 e. The van der Waals surface area contributed by atoms with Crippen LogP contribution in [0.2, 0.25) is 0 Å². The summed E-state index contributed by atoms with van der Waals surface area (Å²) >= 11 is 0. The molecule has 16 heavy (non-hydrogen) atoms. The van der Waals surface area contributed by atoms with Crippen LogP contribution in [0, 0.1) is 11.8 Å². The standard InChI is InChI=1S/C12H18O3.Li.H/c1-2-3-4-5-10-9(8-12(14)15)6-7-11(10)13;;/h3-4,9-10H,2,5-8H2,1H3,(H,14,15);;/q;+1;-1/b4-3-;;/t9-,10-;;/m0../s1. The van der Waals surface area contributed by atoms with Gasteiger partial charge < -0.3 is 6.53 Å². The second-order valence-electron chi connectivity index (χ2n) is 4.08. The number of rotatable bonds is 5. The van der Waals surface area contributed by atoms with Crippen molar-refractivity contribution in [2.24, 2.45) is 11.8 Å². The minimum absolute atomic E-state index is 0. The smallest absolute Gasteiger partial charge is 1.00 e. The number of carbonyl (C=O) groups excluding carboxylic acids is 1. The van der Waals surface area contributed by atoms with E-state index in [0.717, 1.165) is 12.8 Å². The Morgan fingerprint density at radius 2 is 2.25 bits per heavy atom. The summed E-state index contributed by atoms with van der Waals surface area (Å²) in [6.45, 7) is 2.04. The summed E-state index contributed by atoms with van der Waals surface area (Å²) < 4.78 is 0. The Bertz CT molecular complexity index is 279. The predicted octanol–water partition coefficient (Wildman–Crippen LogP) is -0.471. The van der Waals surface area contributed by atoms with Crippen molar-refractivity contribution in [3.8, 4) is 0 Å². The Balaban J connectivity index is 0. The van der Waals surface area contributed by atoms with Crippen LogP contribution in [0.1, 0.15) is 40.5 Å². The molecule has 0 spiro atoms. The van der Waals surface area contributed by atoms with Crippen molar-refractivity contribution in [3.05, 3.63) is 12.2 Å². The Hall–Kier alpha value is -0.523. The second-order valence-corrected chi connectivity index (χ2v) is 4.08. The summed E-state index contributed by atoms with van der Waals surface area (Å²) in [7, 11) is 0. The SMILES string of the molecule is CC/C=C\C[C@@H]1C(=O)CC[C@H]1CC(=O)O.[H-].[Li+]. The van der Waals surface area contributed by atoms with Crippen LogP contribution in [0.15, 0.2) is 12.2 Å². The number of allylic oxidation sites excluding steroid dienone is 2. The molecule has 0 unspecified atom stereocenters. The van der Waals surface area contributed by atoms with Crippen molar-refractivity contribution in [2.45, 2.75) is 39.0 Å². The third-order valence-electron chi connectivity index (χ3n) is 2.97. The van der Waals surface area contributed by atoms with E-state index in [4.69, 9.17) is 5.11 Å². The van der Waals surface area contributed by atoms with Crippen LogP contribution in [0.25, 0.3) is 0 Å². The van der Waals surface area contributed by atoms with E-state index in [1.807, 2.05) is 19.1 Å². The van der Waals surface area contributed by atoms with Crippen LogP contribution in [0.3, 0.4) is 0 Å². The fourth-order valence-electron chi connectivity index (χ4n) is 2.18. The Kier molecular flexibility index (Phi) is 7.45. The van der Waals surface area contributed by atoms with Crippen molar-refractivity contribution < 1.29 is 35.0 Å². The molecule has 0 saturated heterocycles. The molecule has 1 aliphatic carbocycles. The number of hydrogen-bond donors (Lipinski definition) is 1. The van der Waals surface area contributed by atoms with Gasteiger partial charge in [-0.15, -0.1) is 0 Å². The molecule has 1 rings (SSSR count). The summed E-state index contributed by atoms with van der Waals surface area (Å²) in [5.41, 5.74) is 0. The van der Waals surface area contributed by atoms with E-state index in [1.54, 1.807) is 0 Å². The second kappa shape index (κ2) is 7.70. The van der Waals surface area contributed by atoms with Crippen molar-refractivity contribution in [2.75, 3.05) is 0 Å². The van der Waals surface area contributed by atoms with Gasteiger partial charge in [0, 0.05) is 18.8 Å². The zero-order valence-corrected chi connectivity index (χ0v) is 10.1. The maximum atomic E-state index is 11.5. The molecule has 86 valence electrons. The molecule has 0 aromatic heterocycles. The van der Waals surface area contributed by atoms with Crippen LogP contribution in [-0.2, 0) is 9.59 Å². The fourth-order valence-corrected chi connectivity index (χ4v) is 2.18. The van der Waals surface area contributed by atoms with Gasteiger partial charge in [-0.2, -0.15) is 0 Å². The number of carbonyl (C=O) groups is 2. The number of aliphatic carboxylic acids is 1. The molecular weight excluding hydrogens is 199 g/mol. The quantitative estimate of drug-likeness (QED) is 0.501. The van der Waals surface area contributed by atoms with Gasteiger partial charge in [-0.1, -0.05) is 19.1 Å². The average Bonchev–Trinajstić information content (AvgIpc) is 2.49. The maximum Gasteiger partial charge on any atom is 1.00 e. The zero-order chi connectivity index (χ0) is 11.3. The average molecular weight is 218 g/mol. The van der Waals surface area contributed by atoms with Crippen LogP contribution >= 0.6 is 0 Å². The molecule has 0 aliphatic heterocycles. The molecule has 2 atom stereocenters. The van der Waals surface area contributed by atoms with E-state index in [9.17, 15) is 9.59 Å². The largest absolute Gasteiger partial charge is 1.00 e. The Labute approximate surface area is 110 Å². The fraction of sp³-hybridized carbons (Fsp3) is 0.667. The molecule has 0 heterocycles. The summed E-state index contributed by atoms with van der Waals surface area (Å²) in [6.07, 6.45) is 7.15. The van der Waals surface area contributed by atoms with Gasteiger partial charge in [0.05, 0.1) is 0 Å². The predicted molar refractivity (Wildman–Crippen MR) is 58.6 cm³/mol. The first kappa shape index (κ1) is 15.5. The van der Waals surface area contributed by atoms with E-state index in [0.29, 0.717) is 12.8 Å². The van der Waals surface area contributed by atoms with Crippen LogP contribution in [0.4, 0.5) is 0 Å². The first-order chi connectivity index (χ1) is 7.15. The third kappa shape index (κ3) is 4.55. The molecule has 0 aromatic rings. The number of ketones is 1. The third-order valence-corrected chi connectivity index (χ3v) is 2.97. The number of carboxylic acids is 1. The van der Waals surface area contributed by atoms with E-state index in [2.05, 4.69) is 0 Å². The summed E-state index contributed by atoms with van der Waals surface area (Å²) in [4.78, 5) is 22.1. The van der Waals surface area contributed by atoms with E-state index in [1.165, 1.54) is 0 Å². The molecule has 3 nitrogen and oxygen atoms in total. The van der Waals surface area contributed by atoms with E-state index < -0.39 is 5.97 Å². The van der Waals surface area contributed by atoms with Gasteiger partial charge >= 0.3 is 24.8 Å². The monoisotopic (exact) mass is 218 g/mol. The normalized spacial score (nSPS) is 24.7. The molecular formula is C12H19LiO3. The number of hydrogen-bond acceptors (Lipinski definition) is 2. The van der Waals surface area contributed by atoms with Crippen LogP contribution in [0.5, 0.6) is 0 Å². The molecule has 0 bridgehead atoms. The molecule has 1 aliphatic rings. The van der Waals surface area contributed by atoms with E-state index in [-0.39, 0.29) is 44.3 Å². The van der Waals surface area contributed by atoms with Crippen LogP contribution < -0.4 is 18.9 Å². The van der Waals surface area contributed by atoms with Crippen molar-refractivity contribution in [3.63, 3.8) is 0 Å². The van der Waals surface area contributed by atoms with Gasteiger partial charge in [-0.25, -0.2) is 0 Å². The molecule has 1 fully saturated rings. The van der Waals surface area contributed by atoms with Crippen molar-refractivity contribution in [1.29, 1.82) is 0 Å². The topological polar surface area (TPSA) is 54.4 Å². The van der Waals surface area contributed by atoms with Crippen molar-refractivity contribution >= 4 is 11.8 Å². The molecule has 0 radical (unpaired) electrons. The first-order valence-electron chi connectivity index (χ1n) is 5.54. The van der Waals surface area contributed by atoms with Crippen LogP contribution in [-0.4, -0.2) is 16.9 Å². The summed E-state index contributed by atoms with van der Waals surface area (Å²) in [5, 5.41) is 8.72. The maximum absolute atomic E-state index is 11.5. The number of Topliss-reactive ketones (excluding diaryl/α,β-unsaturated/α-hetero) is 1. The van der Waals surface area contributed by atoms with Gasteiger partial charge in [-0.05, 0) is 25.2 Å². The minimum atomic E-state index is -0.792. The Morgan fingerprint density at radius 3 is 2.81 bits per heavy atom. The van der Waals surface area contributed by atoms with Gasteiger partial charge in [0.1, 0.15) is 5.78 Å². The molecule has 1 N–H and O–H groups in total. The van der Waals surface area contributed by atoms with Gasteiger partial charge in [0.2, 0.25) is 0 Å². The number of carboxylic acid groups (broad SMARTS) is 1. The summed E-state index contributed by atoms with van der Waals surface area (Å²) in [5.74, 6) is -0.554. The molecule has 0 amide bonds. The van der Waals surface area contributed by atoms with Gasteiger partial charge in [0.25, 0.3) is 0 Å². The summed E-state index contributed by atoms with van der Waals surface area (Å²) in [6, 6.07) is 0. The zero-order valence-electron chi connectivity index (χ0n) is 11.1. The van der Waals surface area contributed by atoms with Crippen molar-refractivity contribution in [1.82, 2.24) is 0 Å². The first-order valence-corrected chi connectivity index (χ1v) is 5.54. The van der Waals surface area contributed by atoms with E-state index >= 15 is 0 Å². The van der Waals surface area contributed by atoms with Gasteiger partial charge in [-0.3, -0.25) is 9.59 Å². The molecule has 0 aromatic carbocycles. The molecule has 4 heteroatoms.